The van der Waals surface area contributed by atoms with Crippen molar-refractivity contribution in [1.82, 2.24) is 9.80 Å². The molecule has 3 aliphatic rings. The highest BCUT2D eigenvalue weighted by molar-refractivity contribution is 6.67. The number of carbonyl (C=O) groups is 2. The molecule has 2 unspecified atom stereocenters. The summed E-state index contributed by atoms with van der Waals surface area (Å²) in [6, 6.07) is 0. The van der Waals surface area contributed by atoms with E-state index in [0.29, 0.717) is 13.1 Å². The summed E-state index contributed by atoms with van der Waals surface area (Å²) in [7, 11) is 2.03. The fraction of sp³-hybridized carbons (Fsp3) is 0.867. The average molecular weight is 400 g/mol. The van der Waals surface area contributed by atoms with Gasteiger partial charge >= 0.3 is 5.97 Å². The topological polar surface area (TPSA) is 59.1 Å². The molecule has 9 heteroatoms. The first-order chi connectivity index (χ1) is 11.3. The lowest BCUT2D eigenvalue weighted by molar-refractivity contribution is -0.156. The van der Waals surface area contributed by atoms with E-state index in [0.717, 1.165) is 25.9 Å². The molecular weight excluding hydrogens is 379 g/mol. The Bertz CT molecular complexity index is 505. The molecule has 3 rings (SSSR count). The van der Waals surface area contributed by atoms with Crippen molar-refractivity contribution in [3.8, 4) is 0 Å². The molecule has 0 saturated carbocycles. The van der Waals surface area contributed by atoms with Crippen molar-refractivity contribution in [2.75, 3.05) is 39.8 Å². The molecule has 3 heterocycles. The van der Waals surface area contributed by atoms with Crippen molar-refractivity contribution < 1.29 is 19.1 Å². The van der Waals surface area contributed by atoms with E-state index in [1.807, 2.05) is 11.9 Å². The first kappa shape index (κ1) is 18.5. The van der Waals surface area contributed by atoms with Crippen molar-refractivity contribution in [1.29, 1.82) is 0 Å². The number of nitrogens with zero attached hydrogens (tertiary/aromatic N) is 2. The number of ether oxygens (including phenoxy) is 2. The normalized spacial score (nSPS) is 33.8. The van der Waals surface area contributed by atoms with Crippen LogP contribution in [0.1, 0.15) is 12.8 Å². The SMILES string of the molecule is CN1CCN(C(=O)C2C(C(=O)OCC(Cl)(Cl)Cl)[C@H]3CC[C@@H]2O3)CC1. The highest BCUT2D eigenvalue weighted by Gasteiger charge is 2.57. The second-order valence-corrected chi connectivity index (χ2v) is 9.21. The molecule has 0 aromatic carbocycles. The minimum absolute atomic E-state index is 0.0221. The van der Waals surface area contributed by atoms with Gasteiger partial charge in [0.1, 0.15) is 6.61 Å². The summed E-state index contributed by atoms with van der Waals surface area (Å²) >= 11 is 16.9. The molecule has 3 aliphatic heterocycles. The molecule has 24 heavy (non-hydrogen) atoms. The number of likely N-dealkylation sites (N-methyl/N-ethyl adjacent to an activating group) is 1. The number of rotatable bonds is 3. The first-order valence-corrected chi connectivity index (χ1v) is 9.26. The quantitative estimate of drug-likeness (QED) is 0.531. The predicted octanol–water partition coefficient (Wildman–Crippen LogP) is 1.47. The third-order valence-electron chi connectivity index (χ3n) is 5.02. The van der Waals surface area contributed by atoms with Gasteiger partial charge in [0, 0.05) is 26.2 Å². The number of piperazine rings is 1. The zero-order valence-corrected chi connectivity index (χ0v) is 15.7. The molecule has 136 valence electrons. The van der Waals surface area contributed by atoms with E-state index < -0.39 is 21.6 Å². The van der Waals surface area contributed by atoms with Gasteiger partial charge in [0.05, 0.1) is 24.0 Å². The van der Waals surface area contributed by atoms with Crippen LogP contribution >= 0.6 is 34.8 Å². The van der Waals surface area contributed by atoms with Crippen LogP contribution in [-0.4, -0.2) is 77.5 Å². The van der Waals surface area contributed by atoms with Crippen molar-refractivity contribution in [3.63, 3.8) is 0 Å². The number of hydrogen-bond donors (Lipinski definition) is 0. The summed E-state index contributed by atoms with van der Waals surface area (Å²) in [6.45, 7) is 2.66. The molecule has 2 bridgehead atoms. The van der Waals surface area contributed by atoms with Gasteiger partial charge in [0.15, 0.2) is 0 Å². The fourth-order valence-electron chi connectivity index (χ4n) is 3.78. The van der Waals surface area contributed by atoms with Crippen LogP contribution in [0.2, 0.25) is 0 Å². The smallest absolute Gasteiger partial charge is 0.312 e. The van der Waals surface area contributed by atoms with E-state index in [9.17, 15) is 9.59 Å². The monoisotopic (exact) mass is 398 g/mol. The molecule has 0 aliphatic carbocycles. The van der Waals surface area contributed by atoms with E-state index in [4.69, 9.17) is 44.3 Å². The van der Waals surface area contributed by atoms with Crippen LogP contribution in [-0.2, 0) is 19.1 Å². The van der Waals surface area contributed by atoms with E-state index in [1.54, 1.807) is 0 Å². The van der Waals surface area contributed by atoms with Crippen LogP contribution in [0.5, 0.6) is 0 Å². The number of fused-ring (bicyclic) bond motifs is 2. The maximum Gasteiger partial charge on any atom is 0.312 e. The van der Waals surface area contributed by atoms with Crippen LogP contribution in [0.25, 0.3) is 0 Å². The summed E-state index contributed by atoms with van der Waals surface area (Å²) in [5.74, 6) is -1.63. The second-order valence-electron chi connectivity index (χ2n) is 6.69. The summed E-state index contributed by atoms with van der Waals surface area (Å²) in [5, 5.41) is 0. The van der Waals surface area contributed by atoms with E-state index in [-0.39, 0.29) is 24.7 Å². The fourth-order valence-corrected chi connectivity index (χ4v) is 3.94. The van der Waals surface area contributed by atoms with E-state index in [2.05, 4.69) is 4.90 Å². The number of halogens is 3. The summed E-state index contributed by atoms with van der Waals surface area (Å²) in [5.41, 5.74) is 0. The van der Waals surface area contributed by atoms with Gasteiger partial charge in [-0.25, -0.2) is 0 Å². The zero-order valence-electron chi connectivity index (χ0n) is 13.4. The minimum Gasteiger partial charge on any atom is -0.461 e. The predicted molar refractivity (Wildman–Crippen MR) is 90.2 cm³/mol. The van der Waals surface area contributed by atoms with Gasteiger partial charge in [-0.1, -0.05) is 34.8 Å². The Morgan fingerprint density at radius 2 is 1.67 bits per heavy atom. The van der Waals surface area contributed by atoms with Gasteiger partial charge in [0.2, 0.25) is 9.70 Å². The van der Waals surface area contributed by atoms with Crippen LogP contribution in [0.3, 0.4) is 0 Å². The number of hydrogen-bond acceptors (Lipinski definition) is 5. The number of carbonyl (C=O) groups excluding carboxylic acids is 2. The largest absolute Gasteiger partial charge is 0.461 e. The molecular formula is C15H21Cl3N2O4. The second kappa shape index (κ2) is 7.16. The highest BCUT2D eigenvalue weighted by atomic mass is 35.6. The van der Waals surface area contributed by atoms with Gasteiger partial charge in [-0.2, -0.15) is 0 Å². The number of amides is 1. The van der Waals surface area contributed by atoms with Crippen LogP contribution in [0.15, 0.2) is 0 Å². The third kappa shape index (κ3) is 3.93. The Balaban J connectivity index is 1.68. The minimum atomic E-state index is -1.66. The summed E-state index contributed by atoms with van der Waals surface area (Å²) in [6.07, 6.45) is 1.06. The molecule has 0 aromatic rings. The molecule has 3 fully saturated rings. The van der Waals surface area contributed by atoms with Crippen LogP contribution in [0.4, 0.5) is 0 Å². The Kier molecular flexibility index (Phi) is 5.52. The van der Waals surface area contributed by atoms with E-state index >= 15 is 0 Å². The molecule has 0 N–H and O–H groups in total. The van der Waals surface area contributed by atoms with Gasteiger partial charge in [-0.05, 0) is 19.9 Å². The van der Waals surface area contributed by atoms with Gasteiger partial charge in [-0.15, -0.1) is 0 Å². The van der Waals surface area contributed by atoms with Gasteiger partial charge < -0.3 is 19.3 Å². The van der Waals surface area contributed by atoms with Crippen LogP contribution in [0, 0.1) is 11.8 Å². The maximum atomic E-state index is 13.0. The lowest BCUT2D eigenvalue weighted by atomic mass is 9.78. The van der Waals surface area contributed by atoms with Crippen molar-refractivity contribution in [2.45, 2.75) is 28.8 Å². The van der Waals surface area contributed by atoms with Crippen molar-refractivity contribution >= 4 is 46.7 Å². The molecule has 0 aromatic heterocycles. The maximum absolute atomic E-state index is 13.0. The Labute approximate surface area is 156 Å². The highest BCUT2D eigenvalue weighted by Crippen LogP contribution is 2.45. The Morgan fingerprint density at radius 1 is 1.08 bits per heavy atom. The van der Waals surface area contributed by atoms with Crippen molar-refractivity contribution in [3.05, 3.63) is 0 Å². The number of alkyl halides is 3. The molecule has 0 radical (unpaired) electrons. The van der Waals surface area contributed by atoms with Crippen LogP contribution < -0.4 is 0 Å². The Hall–Kier alpha value is -0.270. The molecule has 0 spiro atoms. The Morgan fingerprint density at radius 3 is 2.25 bits per heavy atom. The summed E-state index contributed by atoms with van der Waals surface area (Å²) < 4.78 is 9.30. The van der Waals surface area contributed by atoms with Gasteiger partial charge in [-0.3, -0.25) is 9.59 Å². The van der Waals surface area contributed by atoms with Crippen molar-refractivity contribution in [2.24, 2.45) is 11.8 Å². The molecule has 4 atom stereocenters. The molecule has 1 amide bonds. The van der Waals surface area contributed by atoms with E-state index in [1.165, 1.54) is 0 Å². The zero-order chi connectivity index (χ0) is 17.5. The molecule has 6 nitrogen and oxygen atoms in total. The summed E-state index contributed by atoms with van der Waals surface area (Å²) in [4.78, 5) is 29.4. The lowest BCUT2D eigenvalue weighted by Crippen LogP contribution is -2.52. The average Bonchev–Trinajstić information content (AvgIpc) is 3.13. The number of esters is 1. The first-order valence-electron chi connectivity index (χ1n) is 8.12. The van der Waals surface area contributed by atoms with Gasteiger partial charge in [0.25, 0.3) is 0 Å². The standard InChI is InChI=1S/C15H21Cl3N2O4/c1-19-4-6-20(7-5-19)13(21)11-9-2-3-10(24-9)12(11)14(22)23-8-15(16,17)18/h9-12H,2-8H2,1H3/t9-,10+,11?,12?/m0/s1. The third-order valence-corrected chi connectivity index (χ3v) is 5.35. The molecule has 3 saturated heterocycles. The lowest BCUT2D eigenvalue weighted by Gasteiger charge is -2.36.